The zero-order valence-electron chi connectivity index (χ0n) is 20.0. The van der Waals surface area contributed by atoms with Crippen molar-refractivity contribution in [2.45, 2.75) is 32.6 Å². The van der Waals surface area contributed by atoms with Crippen molar-refractivity contribution >= 4 is 34.7 Å². The molecule has 182 valence electrons. The molecule has 2 aromatic carbocycles. The first-order valence-electron chi connectivity index (χ1n) is 12.1. The van der Waals surface area contributed by atoms with Crippen molar-refractivity contribution in [3.8, 4) is 0 Å². The number of anilines is 1. The highest BCUT2D eigenvalue weighted by Gasteiger charge is 2.25. The molecule has 0 spiro atoms. The van der Waals surface area contributed by atoms with Gasteiger partial charge >= 0.3 is 0 Å². The van der Waals surface area contributed by atoms with Crippen molar-refractivity contribution in [2.24, 2.45) is 0 Å². The Morgan fingerprint density at radius 1 is 0.857 bits per heavy atom. The number of carbonyl (C=O) groups excluding carboxylic acids is 3. The van der Waals surface area contributed by atoms with Crippen LogP contribution in [0.1, 0.15) is 50.9 Å². The Bertz CT molecular complexity index is 1150. The number of nitrogens with one attached hydrogen (secondary N) is 1. The van der Waals surface area contributed by atoms with Gasteiger partial charge in [0.25, 0.3) is 11.8 Å². The molecule has 0 saturated carbocycles. The second-order valence-corrected chi connectivity index (χ2v) is 9.73. The maximum absolute atomic E-state index is 13.1. The van der Waals surface area contributed by atoms with E-state index in [1.54, 1.807) is 45.4 Å². The number of hydrogen-bond acceptors (Lipinski definition) is 4. The number of hydrogen-bond donors (Lipinski definition) is 1. The topological polar surface area (TPSA) is 69.7 Å². The Hall–Kier alpha value is -3.45. The molecule has 1 saturated heterocycles. The van der Waals surface area contributed by atoms with Crippen LogP contribution < -0.4 is 5.32 Å². The van der Waals surface area contributed by atoms with Crippen molar-refractivity contribution in [3.05, 3.63) is 87.6 Å². The summed E-state index contributed by atoms with van der Waals surface area (Å²) in [4.78, 5) is 43.1. The minimum Gasteiger partial charge on any atom is -0.335 e. The van der Waals surface area contributed by atoms with Gasteiger partial charge in [-0.15, -0.1) is 11.3 Å². The van der Waals surface area contributed by atoms with Gasteiger partial charge < -0.3 is 15.1 Å². The van der Waals surface area contributed by atoms with Gasteiger partial charge in [0.2, 0.25) is 5.91 Å². The largest absolute Gasteiger partial charge is 0.335 e. The van der Waals surface area contributed by atoms with E-state index in [0.717, 1.165) is 19.3 Å². The molecule has 1 N–H and O–H groups in total. The van der Waals surface area contributed by atoms with Gasteiger partial charge in [0.1, 0.15) is 0 Å². The van der Waals surface area contributed by atoms with E-state index < -0.39 is 0 Å². The number of nitrogens with zero attached hydrogens (tertiary/aromatic N) is 2. The number of thiophene rings is 1. The average Bonchev–Trinajstić information content (AvgIpc) is 3.42. The van der Waals surface area contributed by atoms with Crippen LogP contribution in [0.4, 0.5) is 5.69 Å². The number of piperazine rings is 1. The normalized spacial score (nSPS) is 13.5. The van der Waals surface area contributed by atoms with Crippen LogP contribution in [-0.2, 0) is 17.6 Å². The summed E-state index contributed by atoms with van der Waals surface area (Å²) < 4.78 is 0. The lowest BCUT2D eigenvalue weighted by molar-refractivity contribution is -0.116. The summed E-state index contributed by atoms with van der Waals surface area (Å²) in [5.41, 5.74) is 3.05. The summed E-state index contributed by atoms with van der Waals surface area (Å²) in [6.07, 6.45) is 3.06. The maximum Gasteiger partial charge on any atom is 0.254 e. The number of carbonyl (C=O) groups is 3. The summed E-state index contributed by atoms with van der Waals surface area (Å²) in [6, 6.07) is 18.9. The van der Waals surface area contributed by atoms with Crippen LogP contribution in [0.15, 0.2) is 66.0 Å². The van der Waals surface area contributed by atoms with Crippen molar-refractivity contribution in [2.75, 3.05) is 31.5 Å². The third kappa shape index (κ3) is 6.57. The zero-order valence-corrected chi connectivity index (χ0v) is 20.9. The third-order valence-corrected chi connectivity index (χ3v) is 7.20. The maximum atomic E-state index is 13.1. The fraction of sp³-hybridized carbons (Fsp3) is 0.321. The summed E-state index contributed by atoms with van der Waals surface area (Å²) in [7, 11) is 0. The molecule has 35 heavy (non-hydrogen) atoms. The zero-order chi connectivity index (χ0) is 24.6. The van der Waals surface area contributed by atoms with Gasteiger partial charge in [0.15, 0.2) is 0 Å². The Kier molecular flexibility index (Phi) is 8.32. The van der Waals surface area contributed by atoms with Gasteiger partial charge in [-0.3, -0.25) is 14.4 Å². The van der Waals surface area contributed by atoms with Gasteiger partial charge in [0, 0.05) is 54.3 Å². The highest BCUT2D eigenvalue weighted by Crippen LogP contribution is 2.17. The second kappa shape index (κ2) is 11.8. The van der Waals surface area contributed by atoms with Crippen LogP contribution in [0.25, 0.3) is 0 Å². The molecule has 4 rings (SSSR count). The van der Waals surface area contributed by atoms with Crippen LogP contribution in [0.3, 0.4) is 0 Å². The molecule has 1 aliphatic rings. The van der Waals surface area contributed by atoms with Crippen molar-refractivity contribution in [3.63, 3.8) is 0 Å². The van der Waals surface area contributed by atoms with Crippen molar-refractivity contribution in [1.29, 1.82) is 0 Å². The van der Waals surface area contributed by atoms with E-state index in [1.807, 2.05) is 35.7 Å². The predicted molar refractivity (Wildman–Crippen MR) is 140 cm³/mol. The number of amides is 3. The highest BCUT2D eigenvalue weighted by atomic mass is 32.1. The molecule has 0 radical (unpaired) electrons. The molecule has 1 aromatic heterocycles. The smallest absolute Gasteiger partial charge is 0.254 e. The predicted octanol–water partition coefficient (Wildman–Crippen LogP) is 4.87. The molecule has 2 heterocycles. The fourth-order valence-electron chi connectivity index (χ4n) is 4.19. The van der Waals surface area contributed by atoms with Crippen molar-refractivity contribution < 1.29 is 14.4 Å². The quantitative estimate of drug-likeness (QED) is 0.491. The van der Waals surface area contributed by atoms with Gasteiger partial charge in [-0.1, -0.05) is 31.2 Å². The van der Waals surface area contributed by atoms with Crippen LogP contribution >= 0.6 is 11.3 Å². The van der Waals surface area contributed by atoms with Crippen LogP contribution in [0, 0.1) is 0 Å². The lowest BCUT2D eigenvalue weighted by Crippen LogP contribution is -2.50. The molecular formula is C28H31N3O3S. The molecule has 7 heteroatoms. The highest BCUT2D eigenvalue weighted by molar-refractivity contribution is 7.09. The summed E-state index contributed by atoms with van der Waals surface area (Å²) in [5, 5.41) is 4.95. The van der Waals surface area contributed by atoms with Gasteiger partial charge in [0.05, 0.1) is 0 Å². The minimum atomic E-state index is -0.0850. The number of benzene rings is 2. The average molecular weight is 490 g/mol. The first kappa shape index (κ1) is 24.7. The van der Waals surface area contributed by atoms with E-state index in [1.165, 1.54) is 10.4 Å². The lowest BCUT2D eigenvalue weighted by Gasteiger charge is -2.35. The van der Waals surface area contributed by atoms with E-state index >= 15 is 0 Å². The standard InChI is InChI=1S/C28H31N3O3S/c1-2-21-11-13-22(14-12-21)27(33)30-15-17-31(18-16-30)28(34)23-6-3-7-24(20-23)29-26(32)10-4-8-25-9-5-19-35-25/h3,5-7,9,11-14,19-20H,2,4,8,10,15-18H2,1H3,(H,29,32). The van der Waals surface area contributed by atoms with Crippen LogP contribution in [-0.4, -0.2) is 53.7 Å². The van der Waals surface area contributed by atoms with Crippen LogP contribution in [0.5, 0.6) is 0 Å². The molecular weight excluding hydrogens is 458 g/mol. The molecule has 1 fully saturated rings. The summed E-state index contributed by atoms with van der Waals surface area (Å²) >= 11 is 1.70. The molecule has 6 nitrogen and oxygen atoms in total. The molecule has 3 amide bonds. The molecule has 3 aromatic rings. The minimum absolute atomic E-state index is 0.00328. The van der Waals surface area contributed by atoms with Crippen molar-refractivity contribution in [1.82, 2.24) is 9.80 Å². The Morgan fingerprint density at radius 2 is 1.54 bits per heavy atom. The van der Waals surface area contributed by atoms with E-state index in [2.05, 4.69) is 18.3 Å². The molecule has 0 atom stereocenters. The molecule has 0 unspecified atom stereocenters. The Morgan fingerprint density at radius 3 is 2.17 bits per heavy atom. The third-order valence-electron chi connectivity index (χ3n) is 6.26. The molecule has 1 aliphatic heterocycles. The number of aryl methyl sites for hydroxylation is 2. The molecule has 0 aliphatic carbocycles. The van der Waals surface area contributed by atoms with E-state index in [-0.39, 0.29) is 17.7 Å². The van der Waals surface area contributed by atoms with E-state index in [4.69, 9.17) is 0 Å². The van der Waals surface area contributed by atoms with Gasteiger partial charge in [-0.25, -0.2) is 0 Å². The number of rotatable bonds is 8. The first-order valence-corrected chi connectivity index (χ1v) is 13.0. The SMILES string of the molecule is CCc1ccc(C(=O)N2CCN(C(=O)c3cccc(NC(=O)CCCc4cccs4)c3)CC2)cc1. The first-order chi connectivity index (χ1) is 17.0. The molecule has 0 bridgehead atoms. The van der Waals surface area contributed by atoms with Gasteiger partial charge in [-0.2, -0.15) is 0 Å². The summed E-state index contributed by atoms with van der Waals surface area (Å²) in [5.74, 6) is -0.132. The van der Waals surface area contributed by atoms with Crippen LogP contribution in [0.2, 0.25) is 0 Å². The lowest BCUT2D eigenvalue weighted by atomic mass is 10.1. The monoisotopic (exact) mass is 489 g/mol. The second-order valence-electron chi connectivity index (χ2n) is 8.70. The van der Waals surface area contributed by atoms with E-state index in [0.29, 0.717) is 49.4 Å². The summed E-state index contributed by atoms with van der Waals surface area (Å²) in [6.45, 7) is 4.06. The Labute approximate surface area is 210 Å². The van der Waals surface area contributed by atoms with Gasteiger partial charge in [-0.05, 0) is 66.6 Å². The fourth-order valence-corrected chi connectivity index (χ4v) is 4.94. The van der Waals surface area contributed by atoms with E-state index in [9.17, 15) is 14.4 Å². The Balaban J connectivity index is 1.27.